The number of benzene rings is 3. The normalized spacial score (nSPS) is 18.0. The minimum atomic E-state index is -1.16. The highest BCUT2D eigenvalue weighted by Crippen LogP contribution is 2.38. The number of hydrogen-bond acceptors (Lipinski definition) is 4. The van der Waals surface area contributed by atoms with Crippen LogP contribution in [0.1, 0.15) is 23.6 Å². The standard InChI is InChI=1S/C26H23BrCl2N2O4/c1-26(14-17-7-9-20(27)10-8-17)24(32)31(23-12-21(28)11-22(29)13-23)25(33)30(26)15-18-5-3-4-6-19(18)16-35-34-2/h3-13H,14-16H2,1-2H3/t26-/m1/s1. The van der Waals surface area contributed by atoms with Gasteiger partial charge in [-0.3, -0.25) is 4.79 Å². The predicted molar refractivity (Wildman–Crippen MR) is 139 cm³/mol. The van der Waals surface area contributed by atoms with Crippen molar-refractivity contribution in [2.24, 2.45) is 0 Å². The van der Waals surface area contributed by atoms with E-state index in [9.17, 15) is 9.59 Å². The number of nitrogens with zero attached hydrogens (tertiary/aromatic N) is 2. The number of urea groups is 1. The first-order chi connectivity index (χ1) is 16.7. The molecule has 182 valence electrons. The molecular weight excluding hydrogens is 555 g/mol. The molecule has 0 N–H and O–H groups in total. The molecule has 1 saturated heterocycles. The maximum absolute atomic E-state index is 13.9. The van der Waals surface area contributed by atoms with E-state index < -0.39 is 11.6 Å². The molecule has 0 saturated carbocycles. The van der Waals surface area contributed by atoms with Crippen molar-refractivity contribution in [1.29, 1.82) is 0 Å². The van der Waals surface area contributed by atoms with Crippen LogP contribution in [-0.2, 0) is 34.1 Å². The minimum absolute atomic E-state index is 0.200. The van der Waals surface area contributed by atoms with Crippen LogP contribution in [0.5, 0.6) is 0 Å². The van der Waals surface area contributed by atoms with Crippen LogP contribution >= 0.6 is 39.1 Å². The zero-order valence-corrected chi connectivity index (χ0v) is 22.2. The summed E-state index contributed by atoms with van der Waals surface area (Å²) in [6.45, 7) is 2.20. The van der Waals surface area contributed by atoms with Crippen LogP contribution in [0.4, 0.5) is 10.5 Å². The summed E-state index contributed by atoms with van der Waals surface area (Å²) in [6.07, 6.45) is 0.326. The molecule has 3 aromatic rings. The van der Waals surface area contributed by atoms with E-state index in [1.165, 1.54) is 7.11 Å². The lowest BCUT2D eigenvalue weighted by atomic mass is 9.90. The van der Waals surface area contributed by atoms with Crippen LogP contribution in [-0.4, -0.2) is 29.5 Å². The largest absolute Gasteiger partial charge is 0.332 e. The Labute approximate surface area is 222 Å². The second-order valence-electron chi connectivity index (χ2n) is 8.41. The van der Waals surface area contributed by atoms with Gasteiger partial charge in [0.15, 0.2) is 0 Å². The van der Waals surface area contributed by atoms with Gasteiger partial charge in [-0.25, -0.2) is 19.5 Å². The first-order valence-corrected chi connectivity index (χ1v) is 12.4. The first kappa shape index (κ1) is 25.7. The fraction of sp³-hybridized carbons (Fsp3) is 0.231. The van der Waals surface area contributed by atoms with Crippen molar-refractivity contribution in [3.63, 3.8) is 0 Å². The van der Waals surface area contributed by atoms with Crippen molar-refractivity contribution in [3.05, 3.63) is 97.9 Å². The monoisotopic (exact) mass is 576 g/mol. The molecule has 0 radical (unpaired) electrons. The van der Waals surface area contributed by atoms with E-state index in [-0.39, 0.29) is 19.1 Å². The number of anilines is 1. The Morgan fingerprint density at radius 3 is 2.20 bits per heavy atom. The molecule has 4 rings (SSSR count). The maximum atomic E-state index is 13.9. The summed E-state index contributed by atoms with van der Waals surface area (Å²) in [5.74, 6) is -0.352. The molecule has 1 atom stereocenters. The van der Waals surface area contributed by atoms with Gasteiger partial charge >= 0.3 is 6.03 Å². The highest BCUT2D eigenvalue weighted by molar-refractivity contribution is 9.10. The third-order valence-electron chi connectivity index (χ3n) is 6.03. The Hall–Kier alpha value is -2.42. The van der Waals surface area contributed by atoms with Gasteiger partial charge < -0.3 is 4.90 Å². The molecule has 1 aliphatic rings. The second-order valence-corrected chi connectivity index (χ2v) is 10.2. The van der Waals surface area contributed by atoms with E-state index in [1.54, 1.807) is 30.0 Å². The summed E-state index contributed by atoms with van der Waals surface area (Å²) in [7, 11) is 1.44. The summed E-state index contributed by atoms with van der Waals surface area (Å²) in [5.41, 5.74) is 1.79. The van der Waals surface area contributed by atoms with Crippen LogP contribution in [0, 0.1) is 0 Å². The van der Waals surface area contributed by atoms with Crippen molar-refractivity contribution >= 4 is 56.8 Å². The topological polar surface area (TPSA) is 59.1 Å². The number of rotatable bonds is 8. The molecule has 1 heterocycles. The number of carbonyl (C=O) groups is 2. The first-order valence-electron chi connectivity index (χ1n) is 10.8. The lowest BCUT2D eigenvalue weighted by Gasteiger charge is -2.32. The molecule has 1 fully saturated rings. The fourth-order valence-electron chi connectivity index (χ4n) is 4.23. The number of hydrogen-bond donors (Lipinski definition) is 0. The molecule has 35 heavy (non-hydrogen) atoms. The summed E-state index contributed by atoms with van der Waals surface area (Å²) in [6, 6.07) is 19.5. The van der Waals surface area contributed by atoms with Gasteiger partial charge in [0.1, 0.15) is 12.1 Å². The molecule has 0 aromatic heterocycles. The van der Waals surface area contributed by atoms with Crippen molar-refractivity contribution in [1.82, 2.24) is 4.90 Å². The van der Waals surface area contributed by atoms with E-state index in [4.69, 9.17) is 33.0 Å². The van der Waals surface area contributed by atoms with Gasteiger partial charge in [-0.15, -0.1) is 0 Å². The Morgan fingerprint density at radius 2 is 1.57 bits per heavy atom. The van der Waals surface area contributed by atoms with Crippen LogP contribution < -0.4 is 4.90 Å². The van der Waals surface area contributed by atoms with Gasteiger partial charge in [0.2, 0.25) is 0 Å². The van der Waals surface area contributed by atoms with Crippen LogP contribution in [0.2, 0.25) is 10.0 Å². The Bertz CT molecular complexity index is 1230. The molecule has 9 heteroatoms. The van der Waals surface area contributed by atoms with E-state index >= 15 is 0 Å². The molecule has 3 aromatic carbocycles. The second kappa shape index (κ2) is 10.7. The molecule has 1 aliphatic heterocycles. The Kier molecular flexibility index (Phi) is 7.83. The third kappa shape index (κ3) is 5.39. The zero-order valence-electron chi connectivity index (χ0n) is 19.1. The highest BCUT2D eigenvalue weighted by atomic mass is 79.9. The third-order valence-corrected chi connectivity index (χ3v) is 6.99. The molecule has 0 bridgehead atoms. The summed E-state index contributed by atoms with van der Waals surface area (Å²) >= 11 is 15.8. The van der Waals surface area contributed by atoms with E-state index in [0.717, 1.165) is 26.1 Å². The van der Waals surface area contributed by atoms with Gasteiger partial charge in [-0.05, 0) is 53.9 Å². The van der Waals surface area contributed by atoms with E-state index in [2.05, 4.69) is 15.9 Å². The van der Waals surface area contributed by atoms with E-state index in [0.29, 0.717) is 22.2 Å². The minimum Gasteiger partial charge on any atom is -0.305 e. The molecule has 6 nitrogen and oxygen atoms in total. The average Bonchev–Trinajstić information content (AvgIpc) is 2.99. The van der Waals surface area contributed by atoms with Crippen molar-refractivity contribution in [2.75, 3.05) is 12.0 Å². The highest BCUT2D eigenvalue weighted by Gasteiger charge is 2.54. The van der Waals surface area contributed by atoms with E-state index in [1.807, 2.05) is 48.5 Å². The molecular formula is C26H23BrCl2N2O4. The molecule has 0 spiro atoms. The van der Waals surface area contributed by atoms with Crippen LogP contribution in [0.25, 0.3) is 0 Å². The maximum Gasteiger partial charge on any atom is 0.332 e. The van der Waals surface area contributed by atoms with Crippen molar-refractivity contribution in [2.45, 2.75) is 32.0 Å². The zero-order chi connectivity index (χ0) is 25.2. The summed E-state index contributed by atoms with van der Waals surface area (Å²) in [5, 5.41) is 0.673. The predicted octanol–water partition coefficient (Wildman–Crippen LogP) is 6.80. The van der Waals surface area contributed by atoms with Gasteiger partial charge in [0.05, 0.1) is 12.8 Å². The Morgan fingerprint density at radius 1 is 0.943 bits per heavy atom. The SMILES string of the molecule is COOCc1ccccc1CN1C(=O)N(c2cc(Cl)cc(Cl)c2)C(=O)[C@@]1(C)Cc1ccc(Br)cc1. The quantitative estimate of drug-likeness (QED) is 0.168. The van der Waals surface area contributed by atoms with Gasteiger partial charge in [-0.1, -0.05) is 75.5 Å². The molecule has 3 amide bonds. The number of imide groups is 1. The number of halogens is 3. The van der Waals surface area contributed by atoms with Gasteiger partial charge in [0.25, 0.3) is 5.91 Å². The van der Waals surface area contributed by atoms with Gasteiger partial charge in [-0.2, -0.15) is 0 Å². The van der Waals surface area contributed by atoms with Crippen LogP contribution in [0.3, 0.4) is 0 Å². The van der Waals surface area contributed by atoms with Crippen molar-refractivity contribution < 1.29 is 19.4 Å². The van der Waals surface area contributed by atoms with Crippen LogP contribution in [0.15, 0.2) is 71.2 Å². The smallest absolute Gasteiger partial charge is 0.305 e. The lowest BCUT2D eigenvalue weighted by Crippen LogP contribution is -2.48. The number of amides is 3. The molecule has 0 aliphatic carbocycles. The summed E-state index contributed by atoms with van der Waals surface area (Å²) < 4.78 is 0.930. The molecule has 0 unspecified atom stereocenters. The average molecular weight is 578 g/mol. The fourth-order valence-corrected chi connectivity index (χ4v) is 5.01. The van der Waals surface area contributed by atoms with Crippen molar-refractivity contribution in [3.8, 4) is 0 Å². The Balaban J connectivity index is 1.77. The number of carbonyl (C=O) groups excluding carboxylic acids is 2. The van der Waals surface area contributed by atoms with Gasteiger partial charge in [0, 0.05) is 27.5 Å². The lowest BCUT2D eigenvalue weighted by molar-refractivity contribution is -0.282. The summed E-state index contributed by atoms with van der Waals surface area (Å²) in [4.78, 5) is 40.4.